The van der Waals surface area contributed by atoms with Gasteiger partial charge in [-0.1, -0.05) is 36.4 Å². The number of likely N-dealkylation sites (tertiary alicyclic amines) is 1. The molecule has 5 rings (SSSR count). The van der Waals surface area contributed by atoms with Crippen LogP contribution in [0.4, 0.5) is 0 Å². The van der Waals surface area contributed by atoms with Gasteiger partial charge >= 0.3 is 0 Å². The third-order valence-corrected chi connectivity index (χ3v) is 6.24. The minimum atomic E-state index is -0.369. The van der Waals surface area contributed by atoms with Gasteiger partial charge in [0.2, 0.25) is 6.79 Å². The molecule has 6 heteroatoms. The lowest BCUT2D eigenvalue weighted by molar-refractivity contribution is 0.0436. The Balaban J connectivity index is 1.22. The minimum Gasteiger partial charge on any atom is -0.454 e. The van der Waals surface area contributed by atoms with Crippen molar-refractivity contribution in [2.24, 2.45) is 5.92 Å². The maximum Gasteiger partial charge on any atom is 0.231 e. The zero-order chi connectivity index (χ0) is 18.9. The Morgan fingerprint density at radius 2 is 1.89 bits per heavy atom. The number of hydrogen-bond acceptors (Lipinski definition) is 6. The molecule has 2 aromatic rings. The van der Waals surface area contributed by atoms with Crippen LogP contribution in [0.5, 0.6) is 11.5 Å². The van der Waals surface area contributed by atoms with Gasteiger partial charge in [-0.2, -0.15) is 0 Å². The number of fused-ring (bicyclic) bond motifs is 1. The third-order valence-electron chi connectivity index (χ3n) is 6.24. The molecular formula is C22H27N3O3. The van der Waals surface area contributed by atoms with Crippen LogP contribution < -0.4 is 20.3 Å². The second kappa shape index (κ2) is 7.72. The maximum absolute atomic E-state index is 10.9. The topological polar surface area (TPSA) is 66.0 Å². The van der Waals surface area contributed by atoms with E-state index in [1.807, 2.05) is 12.1 Å². The molecule has 3 N–H and O–H groups in total. The van der Waals surface area contributed by atoms with Gasteiger partial charge in [0.15, 0.2) is 11.5 Å². The van der Waals surface area contributed by atoms with Crippen molar-refractivity contribution in [2.75, 3.05) is 33.0 Å². The molecular weight excluding hydrogens is 354 g/mol. The van der Waals surface area contributed by atoms with Gasteiger partial charge in [-0.15, -0.1) is 0 Å². The highest BCUT2D eigenvalue weighted by atomic mass is 16.7. The Kier molecular flexibility index (Phi) is 4.94. The minimum absolute atomic E-state index is 0.149. The first-order chi connectivity index (χ1) is 13.8. The Labute approximate surface area is 165 Å². The summed E-state index contributed by atoms with van der Waals surface area (Å²) in [4.78, 5) is 2.41. The number of nitrogens with zero attached hydrogens (tertiary/aromatic N) is 1. The van der Waals surface area contributed by atoms with E-state index >= 15 is 0 Å². The van der Waals surface area contributed by atoms with Gasteiger partial charge in [0.1, 0.15) is 0 Å². The molecule has 6 nitrogen and oxygen atoms in total. The summed E-state index contributed by atoms with van der Waals surface area (Å²) in [6, 6.07) is 17.0. The number of hydrogen-bond donors (Lipinski definition) is 3. The summed E-state index contributed by atoms with van der Waals surface area (Å²) in [7, 11) is 0. The van der Waals surface area contributed by atoms with Crippen molar-refractivity contribution in [1.82, 2.24) is 15.8 Å². The fourth-order valence-corrected chi connectivity index (χ4v) is 4.75. The lowest BCUT2D eigenvalue weighted by atomic mass is 9.86. The molecule has 0 aliphatic carbocycles. The molecule has 0 aromatic heterocycles. The second-order valence-electron chi connectivity index (χ2n) is 8.01. The highest BCUT2D eigenvalue weighted by molar-refractivity contribution is 5.45. The van der Waals surface area contributed by atoms with Crippen LogP contribution in [0, 0.1) is 5.92 Å². The van der Waals surface area contributed by atoms with E-state index in [-0.39, 0.29) is 18.8 Å². The number of aliphatic hydroxyl groups excluding tert-OH is 1. The fraction of sp³-hybridized carbons (Fsp3) is 0.455. The highest BCUT2D eigenvalue weighted by Crippen LogP contribution is 2.38. The normalized spacial score (nSPS) is 29.9. The van der Waals surface area contributed by atoms with Gasteiger partial charge in [-0.25, -0.2) is 5.43 Å². The van der Waals surface area contributed by atoms with Gasteiger partial charge in [-0.3, -0.25) is 5.43 Å². The van der Waals surface area contributed by atoms with E-state index in [0.29, 0.717) is 18.5 Å². The van der Waals surface area contributed by atoms with Crippen LogP contribution in [0.2, 0.25) is 0 Å². The molecule has 3 aliphatic heterocycles. The van der Waals surface area contributed by atoms with E-state index in [1.165, 1.54) is 5.56 Å². The summed E-state index contributed by atoms with van der Waals surface area (Å²) in [6.07, 6.45) is 0.580. The molecule has 4 atom stereocenters. The monoisotopic (exact) mass is 381 g/mol. The zero-order valence-corrected chi connectivity index (χ0v) is 15.9. The molecule has 2 saturated heterocycles. The van der Waals surface area contributed by atoms with E-state index in [0.717, 1.165) is 43.1 Å². The molecule has 0 saturated carbocycles. The molecule has 28 heavy (non-hydrogen) atoms. The van der Waals surface area contributed by atoms with Gasteiger partial charge in [0, 0.05) is 31.5 Å². The van der Waals surface area contributed by atoms with Crippen LogP contribution in [0.15, 0.2) is 48.5 Å². The first-order valence-corrected chi connectivity index (χ1v) is 10.1. The Morgan fingerprint density at radius 3 is 2.75 bits per heavy atom. The molecule has 3 aliphatic rings. The molecule has 0 radical (unpaired) electrons. The van der Waals surface area contributed by atoms with Gasteiger partial charge in [0.05, 0.1) is 12.1 Å². The van der Waals surface area contributed by atoms with Crippen LogP contribution in [0.1, 0.15) is 29.5 Å². The van der Waals surface area contributed by atoms with E-state index in [9.17, 15) is 5.11 Å². The molecule has 0 spiro atoms. The summed E-state index contributed by atoms with van der Waals surface area (Å²) in [5.41, 5.74) is 9.19. The van der Waals surface area contributed by atoms with Crippen LogP contribution in [-0.4, -0.2) is 49.1 Å². The maximum atomic E-state index is 10.9. The van der Waals surface area contributed by atoms with E-state index < -0.39 is 0 Å². The number of benzene rings is 2. The standard InChI is InChI=1S/C22H27N3O3/c26-19-13-25(12-17-11-23-24-22(17)15-4-2-1-3-5-15)9-8-18(19)16-6-7-20-21(10-16)28-14-27-20/h1-7,10,17-19,22-24,26H,8-9,11-14H2/t17?,18-,19+,22?/m0/s1. The fourth-order valence-electron chi connectivity index (χ4n) is 4.75. The smallest absolute Gasteiger partial charge is 0.231 e. The first kappa shape index (κ1) is 17.9. The quantitative estimate of drug-likeness (QED) is 0.753. The van der Waals surface area contributed by atoms with Crippen molar-refractivity contribution in [3.05, 3.63) is 59.7 Å². The summed E-state index contributed by atoms with van der Waals surface area (Å²) < 4.78 is 10.9. The Hall–Kier alpha value is -2.12. The first-order valence-electron chi connectivity index (χ1n) is 10.1. The molecule has 148 valence electrons. The summed E-state index contributed by atoms with van der Waals surface area (Å²) in [6.45, 7) is 3.90. The number of nitrogens with one attached hydrogen (secondary N) is 2. The third kappa shape index (κ3) is 3.49. The van der Waals surface area contributed by atoms with Crippen LogP contribution in [0.25, 0.3) is 0 Å². The number of rotatable bonds is 4. The number of ether oxygens (including phenoxy) is 2. The van der Waals surface area contributed by atoms with E-state index in [2.05, 4.69) is 52.1 Å². The molecule has 2 aromatic carbocycles. The average Bonchev–Trinajstić information content (AvgIpc) is 3.37. The largest absolute Gasteiger partial charge is 0.454 e. The van der Waals surface area contributed by atoms with Crippen molar-refractivity contribution in [2.45, 2.75) is 24.5 Å². The average molecular weight is 381 g/mol. The predicted molar refractivity (Wildman–Crippen MR) is 106 cm³/mol. The van der Waals surface area contributed by atoms with Crippen molar-refractivity contribution in [3.63, 3.8) is 0 Å². The second-order valence-corrected chi connectivity index (χ2v) is 8.01. The Morgan fingerprint density at radius 1 is 1.04 bits per heavy atom. The number of hydrazine groups is 1. The lowest BCUT2D eigenvalue weighted by Gasteiger charge is -2.38. The lowest BCUT2D eigenvalue weighted by Crippen LogP contribution is -2.45. The van der Waals surface area contributed by atoms with E-state index in [4.69, 9.17) is 9.47 Å². The van der Waals surface area contributed by atoms with Crippen molar-refractivity contribution < 1.29 is 14.6 Å². The highest BCUT2D eigenvalue weighted by Gasteiger charge is 2.34. The van der Waals surface area contributed by atoms with Gasteiger partial charge in [0.25, 0.3) is 0 Å². The zero-order valence-electron chi connectivity index (χ0n) is 15.9. The van der Waals surface area contributed by atoms with Gasteiger partial charge in [-0.05, 0) is 36.2 Å². The number of aliphatic hydroxyl groups is 1. The molecule has 3 heterocycles. The number of piperidine rings is 1. The summed E-state index contributed by atoms with van der Waals surface area (Å²) in [5, 5.41) is 10.9. The molecule has 2 unspecified atom stereocenters. The molecule has 2 fully saturated rings. The van der Waals surface area contributed by atoms with Crippen molar-refractivity contribution in [3.8, 4) is 11.5 Å². The summed E-state index contributed by atoms with van der Waals surface area (Å²) >= 11 is 0. The van der Waals surface area contributed by atoms with Crippen molar-refractivity contribution >= 4 is 0 Å². The van der Waals surface area contributed by atoms with E-state index in [1.54, 1.807) is 0 Å². The van der Waals surface area contributed by atoms with Gasteiger partial charge < -0.3 is 19.5 Å². The predicted octanol–water partition coefficient (Wildman–Crippen LogP) is 2.03. The SMILES string of the molecule is O[C@@H]1CN(CC2CNNC2c2ccccc2)CC[C@H]1c1ccc2c(c1)OCO2. The molecule has 0 bridgehead atoms. The number of β-amino-alcohol motifs (C(OH)–C–C–N with tert-alkyl or cyclic N) is 1. The summed E-state index contributed by atoms with van der Waals surface area (Å²) in [5.74, 6) is 2.22. The molecule has 0 amide bonds. The van der Waals surface area contributed by atoms with Crippen LogP contribution in [-0.2, 0) is 0 Å². The Bertz CT molecular complexity index is 816. The van der Waals surface area contributed by atoms with Crippen molar-refractivity contribution in [1.29, 1.82) is 0 Å². The van der Waals surface area contributed by atoms with Crippen LogP contribution in [0.3, 0.4) is 0 Å². The van der Waals surface area contributed by atoms with Crippen LogP contribution >= 0.6 is 0 Å².